The van der Waals surface area contributed by atoms with Crippen molar-refractivity contribution in [1.82, 2.24) is 0 Å². The van der Waals surface area contributed by atoms with Gasteiger partial charge in [0.05, 0.1) is 7.11 Å². The van der Waals surface area contributed by atoms with Gasteiger partial charge in [0.2, 0.25) is 0 Å². The minimum absolute atomic E-state index is 0.408. The molecule has 0 saturated carbocycles. The molecule has 1 aromatic heterocycles. The smallest absolute Gasteiger partial charge is 0.331 e. The highest BCUT2D eigenvalue weighted by atomic mass is 32.1. The lowest BCUT2D eigenvalue weighted by atomic mass is 10.0. The lowest BCUT2D eigenvalue weighted by Crippen LogP contribution is -2.41. The van der Waals surface area contributed by atoms with Crippen LogP contribution >= 0.6 is 11.3 Å². The summed E-state index contributed by atoms with van der Waals surface area (Å²) in [4.78, 5) is 13.3. The van der Waals surface area contributed by atoms with Crippen molar-refractivity contribution >= 4 is 17.3 Å². The number of thiophene rings is 1. The molecule has 0 aliphatic heterocycles. The first-order valence-electron chi connectivity index (χ1n) is 3.92. The third kappa shape index (κ3) is 1.89. The number of ether oxygens (including phenoxy) is 1. The van der Waals surface area contributed by atoms with E-state index in [0.717, 1.165) is 9.75 Å². The average Bonchev–Trinajstić information content (AvgIpc) is 2.50. The van der Waals surface area contributed by atoms with E-state index in [1.54, 1.807) is 6.92 Å². The van der Waals surface area contributed by atoms with Gasteiger partial charge in [-0.25, -0.2) is 4.79 Å². The Labute approximate surface area is 81.5 Å². The maximum Gasteiger partial charge on any atom is 0.331 e. The Hall–Kier alpha value is -0.870. The minimum Gasteiger partial charge on any atom is -0.467 e. The summed E-state index contributed by atoms with van der Waals surface area (Å²) in [5, 5.41) is 0. The zero-order valence-electron chi connectivity index (χ0n) is 7.96. The third-order valence-electron chi connectivity index (χ3n) is 1.86. The van der Waals surface area contributed by atoms with Crippen molar-refractivity contribution in [2.45, 2.75) is 19.4 Å². The Morgan fingerprint density at radius 2 is 2.23 bits per heavy atom. The molecule has 1 aromatic rings. The fourth-order valence-electron chi connectivity index (χ4n) is 1.03. The van der Waals surface area contributed by atoms with Gasteiger partial charge in [-0.1, -0.05) is 0 Å². The topological polar surface area (TPSA) is 52.3 Å². The Balaban J connectivity index is 2.99. The predicted octanol–water partition coefficient (Wildman–Crippen LogP) is 1.40. The van der Waals surface area contributed by atoms with E-state index in [0.29, 0.717) is 0 Å². The largest absolute Gasteiger partial charge is 0.467 e. The second-order valence-corrected chi connectivity index (χ2v) is 4.39. The van der Waals surface area contributed by atoms with Crippen LogP contribution in [0.4, 0.5) is 0 Å². The van der Waals surface area contributed by atoms with Crippen LogP contribution in [0, 0.1) is 6.92 Å². The Bertz CT molecular complexity index is 317. The number of hydrogen-bond acceptors (Lipinski definition) is 4. The third-order valence-corrected chi connectivity index (χ3v) is 3.10. The number of rotatable bonds is 2. The number of methoxy groups -OCH3 is 1. The van der Waals surface area contributed by atoms with Crippen LogP contribution in [-0.4, -0.2) is 13.1 Å². The van der Waals surface area contributed by atoms with E-state index < -0.39 is 11.5 Å². The highest BCUT2D eigenvalue weighted by Crippen LogP contribution is 2.26. The van der Waals surface area contributed by atoms with Gasteiger partial charge in [0, 0.05) is 9.75 Å². The standard InChI is InChI=1S/C9H13NO2S/c1-6-4-5-7(13-6)9(2,10)8(11)12-3/h4-5H,10H2,1-3H3. The minimum atomic E-state index is -1.02. The summed E-state index contributed by atoms with van der Waals surface area (Å²) in [6.45, 7) is 3.63. The van der Waals surface area contributed by atoms with Crippen LogP contribution in [0.15, 0.2) is 12.1 Å². The van der Waals surface area contributed by atoms with Gasteiger partial charge in [-0.3, -0.25) is 0 Å². The summed E-state index contributed by atoms with van der Waals surface area (Å²) in [5.74, 6) is -0.408. The first-order valence-corrected chi connectivity index (χ1v) is 4.74. The number of esters is 1. The molecular weight excluding hydrogens is 186 g/mol. The number of hydrogen-bond donors (Lipinski definition) is 1. The second-order valence-electron chi connectivity index (χ2n) is 3.10. The van der Waals surface area contributed by atoms with E-state index in [-0.39, 0.29) is 0 Å². The summed E-state index contributed by atoms with van der Waals surface area (Å²) < 4.78 is 4.62. The number of nitrogens with two attached hydrogens (primary N) is 1. The molecule has 0 aromatic carbocycles. The summed E-state index contributed by atoms with van der Waals surface area (Å²) in [5.41, 5.74) is 4.82. The normalized spacial score (nSPS) is 15.1. The molecular formula is C9H13NO2S. The molecule has 72 valence electrons. The lowest BCUT2D eigenvalue weighted by molar-refractivity contribution is -0.146. The van der Waals surface area contributed by atoms with E-state index in [4.69, 9.17) is 5.73 Å². The van der Waals surface area contributed by atoms with Crippen molar-refractivity contribution in [3.63, 3.8) is 0 Å². The Morgan fingerprint density at radius 3 is 2.62 bits per heavy atom. The zero-order chi connectivity index (χ0) is 10.1. The molecule has 0 bridgehead atoms. The van der Waals surface area contributed by atoms with Crippen LogP contribution in [0.2, 0.25) is 0 Å². The molecule has 0 radical (unpaired) electrons. The molecule has 0 spiro atoms. The van der Waals surface area contributed by atoms with Crippen molar-refractivity contribution in [1.29, 1.82) is 0 Å². The van der Waals surface area contributed by atoms with Gasteiger partial charge in [0.1, 0.15) is 5.54 Å². The van der Waals surface area contributed by atoms with E-state index in [1.807, 2.05) is 19.1 Å². The number of aryl methyl sites for hydroxylation is 1. The molecule has 1 unspecified atom stereocenters. The van der Waals surface area contributed by atoms with Gasteiger partial charge in [0.25, 0.3) is 0 Å². The fraction of sp³-hybridized carbons (Fsp3) is 0.444. The quantitative estimate of drug-likeness (QED) is 0.732. The van der Waals surface area contributed by atoms with Crippen molar-refractivity contribution in [3.8, 4) is 0 Å². The summed E-state index contributed by atoms with van der Waals surface area (Å²) >= 11 is 1.51. The molecule has 0 aliphatic carbocycles. The van der Waals surface area contributed by atoms with Crippen molar-refractivity contribution in [2.75, 3.05) is 7.11 Å². The molecule has 1 atom stereocenters. The SMILES string of the molecule is COC(=O)C(C)(N)c1ccc(C)s1. The molecule has 0 saturated heterocycles. The molecule has 1 heterocycles. The molecule has 2 N–H and O–H groups in total. The molecule has 0 aliphatic rings. The van der Waals surface area contributed by atoms with Gasteiger partial charge >= 0.3 is 5.97 Å². The molecule has 0 amide bonds. The van der Waals surface area contributed by atoms with E-state index in [9.17, 15) is 4.79 Å². The summed E-state index contributed by atoms with van der Waals surface area (Å²) in [6, 6.07) is 3.80. The van der Waals surface area contributed by atoms with E-state index >= 15 is 0 Å². The fourth-order valence-corrected chi connectivity index (χ4v) is 1.94. The zero-order valence-corrected chi connectivity index (χ0v) is 8.77. The van der Waals surface area contributed by atoms with Crippen LogP contribution in [-0.2, 0) is 15.1 Å². The molecule has 4 heteroatoms. The Morgan fingerprint density at radius 1 is 1.62 bits per heavy atom. The van der Waals surface area contributed by atoms with Crippen LogP contribution in [0.1, 0.15) is 16.7 Å². The molecule has 3 nitrogen and oxygen atoms in total. The van der Waals surface area contributed by atoms with Gasteiger partial charge in [-0.2, -0.15) is 0 Å². The monoisotopic (exact) mass is 199 g/mol. The molecule has 1 rings (SSSR count). The first kappa shape index (κ1) is 10.2. The molecule has 0 fully saturated rings. The van der Waals surface area contributed by atoms with Gasteiger partial charge in [-0.05, 0) is 26.0 Å². The van der Waals surface area contributed by atoms with Crippen LogP contribution in [0.25, 0.3) is 0 Å². The van der Waals surface area contributed by atoms with Crippen molar-refractivity contribution in [3.05, 3.63) is 21.9 Å². The maximum absolute atomic E-state index is 11.3. The van der Waals surface area contributed by atoms with E-state index in [2.05, 4.69) is 4.74 Å². The van der Waals surface area contributed by atoms with Gasteiger partial charge < -0.3 is 10.5 Å². The molecule has 13 heavy (non-hydrogen) atoms. The first-order chi connectivity index (χ1) is 5.98. The summed E-state index contributed by atoms with van der Waals surface area (Å²) in [6.07, 6.45) is 0. The predicted molar refractivity (Wildman–Crippen MR) is 52.6 cm³/mol. The maximum atomic E-state index is 11.3. The highest BCUT2D eigenvalue weighted by molar-refractivity contribution is 7.12. The summed E-state index contributed by atoms with van der Waals surface area (Å²) in [7, 11) is 1.34. The van der Waals surface area contributed by atoms with Gasteiger partial charge in [0.15, 0.2) is 0 Å². The van der Waals surface area contributed by atoms with Crippen molar-refractivity contribution in [2.24, 2.45) is 5.73 Å². The van der Waals surface area contributed by atoms with Crippen molar-refractivity contribution < 1.29 is 9.53 Å². The highest BCUT2D eigenvalue weighted by Gasteiger charge is 2.32. The van der Waals surface area contributed by atoms with Gasteiger partial charge in [-0.15, -0.1) is 11.3 Å². The Kier molecular flexibility index (Phi) is 2.73. The van der Waals surface area contributed by atoms with Crippen LogP contribution in [0.3, 0.4) is 0 Å². The van der Waals surface area contributed by atoms with E-state index in [1.165, 1.54) is 18.4 Å². The number of carbonyl (C=O) groups is 1. The average molecular weight is 199 g/mol. The van der Waals surface area contributed by atoms with Crippen LogP contribution < -0.4 is 5.73 Å². The van der Waals surface area contributed by atoms with Crippen LogP contribution in [0.5, 0.6) is 0 Å². The second kappa shape index (κ2) is 3.47. The lowest BCUT2D eigenvalue weighted by Gasteiger charge is -2.19. The number of carbonyl (C=O) groups excluding carboxylic acids is 1.